The lowest BCUT2D eigenvalue weighted by atomic mass is 9.85. The van der Waals surface area contributed by atoms with Gasteiger partial charge in [-0.1, -0.05) is 19.3 Å². The lowest BCUT2D eigenvalue weighted by Gasteiger charge is -2.32. The van der Waals surface area contributed by atoms with Crippen molar-refractivity contribution in [2.45, 2.75) is 37.7 Å². The molecule has 1 fully saturated rings. The number of hydrogen-bond donors (Lipinski definition) is 2. The Hall–Kier alpha value is -1.52. The third-order valence-electron chi connectivity index (χ3n) is 4.27. The van der Waals surface area contributed by atoms with Crippen molar-refractivity contribution in [3.63, 3.8) is 0 Å². The van der Waals surface area contributed by atoms with Gasteiger partial charge in [-0.3, -0.25) is 8.88 Å². The summed E-state index contributed by atoms with van der Waals surface area (Å²) in [6.45, 7) is 0.320. The molecule has 112 valence electrons. The Morgan fingerprint density at radius 3 is 2.81 bits per heavy atom. The molecule has 0 spiro atoms. The molecule has 1 saturated carbocycles. The maximum absolute atomic E-state index is 12.2. The molecular weight excluding hydrogens is 288 g/mol. The van der Waals surface area contributed by atoms with Gasteiger partial charge < -0.3 is 10.4 Å². The number of aromatic nitrogens is 1. The molecule has 0 atom stereocenters. The van der Waals surface area contributed by atoms with Crippen LogP contribution in [0, 0.1) is 0 Å². The van der Waals surface area contributed by atoms with E-state index in [1.807, 2.05) is 18.2 Å². The number of amides is 1. The second kappa shape index (κ2) is 5.70. The number of carbonyl (C=O) groups is 1. The Morgan fingerprint density at radius 1 is 1.29 bits per heavy atom. The SMILES string of the molecule is O=C(NCC1(O)CCCCC1)c1ccc2c(ccn2Cl)c1. The van der Waals surface area contributed by atoms with Crippen LogP contribution in [0.4, 0.5) is 0 Å². The average molecular weight is 307 g/mol. The number of halogens is 1. The summed E-state index contributed by atoms with van der Waals surface area (Å²) in [4.78, 5) is 12.2. The van der Waals surface area contributed by atoms with Crippen LogP contribution in [0.2, 0.25) is 0 Å². The van der Waals surface area contributed by atoms with Crippen LogP contribution in [0.3, 0.4) is 0 Å². The van der Waals surface area contributed by atoms with Crippen LogP contribution in [0.15, 0.2) is 30.5 Å². The number of carbonyl (C=O) groups excluding carboxylic acids is 1. The molecule has 1 aliphatic rings. The molecule has 1 aromatic carbocycles. The lowest BCUT2D eigenvalue weighted by molar-refractivity contribution is 0.00526. The van der Waals surface area contributed by atoms with E-state index in [0.29, 0.717) is 12.1 Å². The van der Waals surface area contributed by atoms with Crippen molar-refractivity contribution in [2.24, 2.45) is 0 Å². The topological polar surface area (TPSA) is 54.3 Å². The monoisotopic (exact) mass is 306 g/mol. The first-order chi connectivity index (χ1) is 10.1. The quantitative estimate of drug-likeness (QED) is 0.915. The highest BCUT2D eigenvalue weighted by atomic mass is 35.5. The number of aliphatic hydroxyl groups is 1. The number of hydrogen-bond acceptors (Lipinski definition) is 2. The Kier molecular flexibility index (Phi) is 3.91. The first kappa shape index (κ1) is 14.4. The number of nitrogens with one attached hydrogen (secondary N) is 1. The van der Waals surface area contributed by atoms with Crippen LogP contribution in [0.5, 0.6) is 0 Å². The second-order valence-corrected chi connectivity index (χ2v) is 6.23. The summed E-state index contributed by atoms with van der Waals surface area (Å²) < 4.78 is 1.50. The Labute approximate surface area is 128 Å². The zero-order valence-electron chi connectivity index (χ0n) is 11.8. The van der Waals surface area contributed by atoms with Gasteiger partial charge in [0.25, 0.3) is 5.91 Å². The number of fused-ring (bicyclic) bond motifs is 1. The molecule has 0 unspecified atom stereocenters. The Balaban J connectivity index is 1.69. The van der Waals surface area contributed by atoms with Crippen molar-refractivity contribution in [3.8, 4) is 0 Å². The summed E-state index contributed by atoms with van der Waals surface area (Å²) in [5, 5.41) is 14.2. The van der Waals surface area contributed by atoms with E-state index in [-0.39, 0.29) is 5.91 Å². The summed E-state index contributed by atoms with van der Waals surface area (Å²) in [6.07, 6.45) is 6.51. The minimum atomic E-state index is -0.739. The van der Waals surface area contributed by atoms with Crippen molar-refractivity contribution in [1.29, 1.82) is 0 Å². The average Bonchev–Trinajstić information content (AvgIpc) is 2.87. The third-order valence-corrected chi connectivity index (χ3v) is 4.56. The molecule has 0 saturated heterocycles. The molecule has 5 heteroatoms. The first-order valence-corrected chi connectivity index (χ1v) is 7.69. The van der Waals surface area contributed by atoms with Crippen molar-refractivity contribution < 1.29 is 9.90 Å². The van der Waals surface area contributed by atoms with Crippen LogP contribution in [0.25, 0.3) is 10.9 Å². The molecule has 1 aromatic heterocycles. The molecule has 1 heterocycles. The molecule has 1 amide bonds. The van der Waals surface area contributed by atoms with Crippen molar-refractivity contribution in [3.05, 3.63) is 36.0 Å². The Morgan fingerprint density at radius 2 is 2.05 bits per heavy atom. The highest BCUT2D eigenvalue weighted by molar-refractivity contribution is 6.19. The van der Waals surface area contributed by atoms with Crippen LogP contribution >= 0.6 is 11.8 Å². The van der Waals surface area contributed by atoms with Gasteiger partial charge in [-0.15, -0.1) is 0 Å². The van der Waals surface area contributed by atoms with Crippen molar-refractivity contribution >= 4 is 28.6 Å². The molecule has 4 nitrogen and oxygen atoms in total. The third kappa shape index (κ3) is 3.06. The van der Waals surface area contributed by atoms with Gasteiger partial charge in [0, 0.05) is 35.5 Å². The van der Waals surface area contributed by atoms with E-state index in [9.17, 15) is 9.90 Å². The van der Waals surface area contributed by atoms with Gasteiger partial charge in [0.1, 0.15) is 0 Å². The van der Waals surface area contributed by atoms with Gasteiger partial charge in [-0.05, 0) is 37.1 Å². The molecule has 0 radical (unpaired) electrons. The van der Waals surface area contributed by atoms with Crippen LogP contribution in [-0.2, 0) is 0 Å². The lowest BCUT2D eigenvalue weighted by Crippen LogP contribution is -2.44. The van der Waals surface area contributed by atoms with Gasteiger partial charge in [-0.25, -0.2) is 0 Å². The van der Waals surface area contributed by atoms with E-state index in [1.165, 1.54) is 10.5 Å². The molecule has 21 heavy (non-hydrogen) atoms. The standard InChI is InChI=1S/C16H19ClN2O2/c17-19-9-6-12-10-13(4-5-14(12)19)15(20)18-11-16(21)7-2-1-3-8-16/h4-6,9-10,21H,1-3,7-8,11H2,(H,18,20). The second-order valence-electron chi connectivity index (χ2n) is 5.87. The van der Waals surface area contributed by atoms with Gasteiger partial charge in [0.2, 0.25) is 0 Å². The van der Waals surface area contributed by atoms with Crippen LogP contribution < -0.4 is 5.32 Å². The fourth-order valence-electron chi connectivity index (χ4n) is 2.98. The van der Waals surface area contributed by atoms with E-state index in [2.05, 4.69) is 5.32 Å². The largest absolute Gasteiger partial charge is 0.388 e. The maximum Gasteiger partial charge on any atom is 0.251 e. The van der Waals surface area contributed by atoms with E-state index in [0.717, 1.165) is 36.6 Å². The van der Waals surface area contributed by atoms with Crippen molar-refractivity contribution in [2.75, 3.05) is 6.54 Å². The van der Waals surface area contributed by atoms with E-state index >= 15 is 0 Å². The summed E-state index contributed by atoms with van der Waals surface area (Å²) >= 11 is 5.97. The number of nitrogens with zero attached hydrogens (tertiary/aromatic N) is 1. The van der Waals surface area contributed by atoms with Gasteiger partial charge >= 0.3 is 0 Å². The Bertz CT molecular complexity index is 659. The normalized spacial score (nSPS) is 17.8. The van der Waals surface area contributed by atoms with Gasteiger partial charge in [0.15, 0.2) is 0 Å². The minimum absolute atomic E-state index is 0.154. The summed E-state index contributed by atoms with van der Waals surface area (Å²) in [6, 6.07) is 7.26. The minimum Gasteiger partial charge on any atom is -0.388 e. The fourth-order valence-corrected chi connectivity index (χ4v) is 3.19. The molecular formula is C16H19ClN2O2. The van der Waals surface area contributed by atoms with Crippen LogP contribution in [0.1, 0.15) is 42.5 Å². The molecule has 0 bridgehead atoms. The number of rotatable bonds is 3. The molecule has 2 aromatic rings. The molecule has 3 rings (SSSR count). The van der Waals surface area contributed by atoms with Crippen molar-refractivity contribution in [1.82, 2.24) is 9.40 Å². The highest BCUT2D eigenvalue weighted by Crippen LogP contribution is 2.27. The van der Waals surface area contributed by atoms with Gasteiger partial charge in [-0.2, -0.15) is 0 Å². The summed E-state index contributed by atoms with van der Waals surface area (Å²) in [5.74, 6) is -0.154. The van der Waals surface area contributed by atoms with E-state index < -0.39 is 5.60 Å². The highest BCUT2D eigenvalue weighted by Gasteiger charge is 2.29. The zero-order chi connectivity index (χ0) is 14.9. The van der Waals surface area contributed by atoms with Gasteiger partial charge in [0.05, 0.1) is 11.1 Å². The van der Waals surface area contributed by atoms with Crippen LogP contribution in [-0.4, -0.2) is 27.2 Å². The van der Waals surface area contributed by atoms with E-state index in [1.54, 1.807) is 12.3 Å². The first-order valence-electron chi connectivity index (χ1n) is 7.35. The molecule has 2 N–H and O–H groups in total. The summed E-state index contributed by atoms with van der Waals surface area (Å²) in [5.41, 5.74) is 0.723. The molecule has 0 aliphatic heterocycles. The van der Waals surface area contributed by atoms with E-state index in [4.69, 9.17) is 11.8 Å². The zero-order valence-corrected chi connectivity index (χ0v) is 12.6. The fraction of sp³-hybridized carbons (Fsp3) is 0.438. The predicted octanol–water partition coefficient (Wildman–Crippen LogP) is 3.07. The number of benzene rings is 1. The smallest absolute Gasteiger partial charge is 0.251 e. The predicted molar refractivity (Wildman–Crippen MR) is 83.6 cm³/mol. The maximum atomic E-state index is 12.2. The molecule has 1 aliphatic carbocycles. The summed E-state index contributed by atoms with van der Waals surface area (Å²) in [7, 11) is 0.